The molecule has 4 aromatic carbocycles. The van der Waals surface area contributed by atoms with Crippen molar-refractivity contribution in [2.75, 3.05) is 7.11 Å². The topological polar surface area (TPSA) is 70.8 Å². The molecule has 1 aliphatic rings. The Morgan fingerprint density at radius 1 is 0.976 bits per heavy atom. The molecule has 1 atom stereocenters. The van der Waals surface area contributed by atoms with Crippen LogP contribution in [0.2, 0.25) is 0 Å². The molecular weight excluding hydrogens is 512 g/mol. The summed E-state index contributed by atoms with van der Waals surface area (Å²) in [4.78, 5) is 9.68. The number of rotatable bonds is 6. The Morgan fingerprint density at radius 3 is 2.61 bits per heavy atom. The Kier molecular flexibility index (Phi) is 6.07. The highest BCUT2D eigenvalue weighted by atomic mass is 16.5. The SMILES string of the molecule is COc1ccc([C@H]2c3ccc4ccccc4c3Oc3ncn4nc(COc5cc(C)ccc5C(C)C)nc4c32)cc1. The predicted octanol–water partition coefficient (Wildman–Crippen LogP) is 7.58. The third kappa shape index (κ3) is 4.34. The minimum Gasteiger partial charge on any atom is -0.497 e. The second-order valence-electron chi connectivity index (χ2n) is 10.8. The van der Waals surface area contributed by atoms with Crippen LogP contribution in [0.1, 0.15) is 59.3 Å². The highest BCUT2D eigenvalue weighted by molar-refractivity contribution is 5.91. The predicted molar refractivity (Wildman–Crippen MR) is 158 cm³/mol. The molecule has 0 aliphatic carbocycles. The molecule has 0 saturated heterocycles. The quantitative estimate of drug-likeness (QED) is 0.216. The first kappa shape index (κ1) is 25.1. The number of hydrogen-bond acceptors (Lipinski definition) is 6. The molecule has 0 unspecified atom stereocenters. The maximum absolute atomic E-state index is 6.54. The van der Waals surface area contributed by atoms with E-state index in [1.165, 1.54) is 0 Å². The maximum atomic E-state index is 6.54. The van der Waals surface area contributed by atoms with E-state index in [-0.39, 0.29) is 12.5 Å². The molecule has 7 heteroatoms. The van der Waals surface area contributed by atoms with Gasteiger partial charge in [-0.15, -0.1) is 5.10 Å². The zero-order valence-corrected chi connectivity index (χ0v) is 23.5. The molecule has 0 saturated carbocycles. The molecule has 7 nitrogen and oxygen atoms in total. The van der Waals surface area contributed by atoms with E-state index >= 15 is 0 Å². The molecule has 0 bridgehead atoms. The number of nitrogens with zero attached hydrogens (tertiary/aromatic N) is 4. The summed E-state index contributed by atoms with van der Waals surface area (Å²) in [6, 6.07) is 27.0. The number of ether oxygens (including phenoxy) is 3. The van der Waals surface area contributed by atoms with Crippen molar-refractivity contribution in [1.82, 2.24) is 19.6 Å². The summed E-state index contributed by atoms with van der Waals surface area (Å²) in [5, 5.41) is 6.90. The first-order chi connectivity index (χ1) is 20.0. The Balaban J connectivity index is 1.35. The average Bonchev–Trinajstić information content (AvgIpc) is 3.42. The van der Waals surface area contributed by atoms with Gasteiger partial charge < -0.3 is 14.2 Å². The van der Waals surface area contributed by atoms with Crippen molar-refractivity contribution in [3.05, 3.63) is 119 Å². The lowest BCUT2D eigenvalue weighted by molar-refractivity contribution is 0.291. The van der Waals surface area contributed by atoms with Gasteiger partial charge in [-0.3, -0.25) is 0 Å². The standard InChI is InChI=1S/C34H30N4O3/c1-20(2)25-15-9-21(3)17-28(25)40-18-29-36-33-31-30(23-10-13-24(39-4)14-11-23)27-16-12-22-7-5-6-8-26(22)32(27)41-34(31)35-19-38(33)37-29/h5-17,19-20,30H,18H2,1-4H3/t30-/m0/s1. The molecule has 0 fully saturated rings. The van der Waals surface area contributed by atoms with Crippen LogP contribution in [0.15, 0.2) is 85.2 Å². The molecule has 0 radical (unpaired) electrons. The van der Waals surface area contributed by atoms with Gasteiger partial charge in [-0.2, -0.15) is 0 Å². The van der Waals surface area contributed by atoms with Crippen LogP contribution in [-0.4, -0.2) is 26.7 Å². The van der Waals surface area contributed by atoms with E-state index in [9.17, 15) is 0 Å². The van der Waals surface area contributed by atoms with Gasteiger partial charge in [0.25, 0.3) is 0 Å². The van der Waals surface area contributed by atoms with Gasteiger partial charge in [-0.25, -0.2) is 14.5 Å². The lowest BCUT2D eigenvalue weighted by Crippen LogP contribution is -2.15. The van der Waals surface area contributed by atoms with Crippen LogP contribution in [0.25, 0.3) is 16.4 Å². The largest absolute Gasteiger partial charge is 0.497 e. The smallest absolute Gasteiger partial charge is 0.228 e. The Hall–Kier alpha value is -4.91. The van der Waals surface area contributed by atoms with Gasteiger partial charge >= 0.3 is 0 Å². The van der Waals surface area contributed by atoms with Gasteiger partial charge in [0.15, 0.2) is 11.5 Å². The number of methoxy groups -OCH3 is 1. The highest BCUT2D eigenvalue weighted by Crippen LogP contribution is 2.50. The van der Waals surface area contributed by atoms with Crippen molar-refractivity contribution in [3.63, 3.8) is 0 Å². The van der Waals surface area contributed by atoms with Gasteiger partial charge in [-0.05, 0) is 53.1 Å². The van der Waals surface area contributed by atoms with Crippen LogP contribution >= 0.6 is 0 Å². The van der Waals surface area contributed by atoms with E-state index in [4.69, 9.17) is 29.3 Å². The minimum atomic E-state index is -0.164. The summed E-state index contributed by atoms with van der Waals surface area (Å²) >= 11 is 0. The van der Waals surface area contributed by atoms with Crippen LogP contribution in [0.5, 0.6) is 23.1 Å². The van der Waals surface area contributed by atoms with Crippen molar-refractivity contribution >= 4 is 16.4 Å². The molecule has 1 aliphatic heterocycles. The number of benzene rings is 4. The van der Waals surface area contributed by atoms with Gasteiger partial charge in [0, 0.05) is 16.9 Å². The van der Waals surface area contributed by atoms with E-state index < -0.39 is 0 Å². The zero-order chi connectivity index (χ0) is 28.1. The summed E-state index contributed by atoms with van der Waals surface area (Å²) in [5.74, 6) is 3.76. The van der Waals surface area contributed by atoms with Crippen molar-refractivity contribution in [2.45, 2.75) is 39.2 Å². The molecule has 0 amide bonds. The van der Waals surface area contributed by atoms with E-state index in [2.05, 4.69) is 75.4 Å². The Morgan fingerprint density at radius 2 is 1.80 bits per heavy atom. The molecule has 41 heavy (non-hydrogen) atoms. The summed E-state index contributed by atoms with van der Waals surface area (Å²) in [6.45, 7) is 6.64. The normalized spacial score (nSPS) is 14.1. The zero-order valence-electron chi connectivity index (χ0n) is 23.5. The van der Waals surface area contributed by atoms with Gasteiger partial charge in [0.05, 0.1) is 12.7 Å². The van der Waals surface area contributed by atoms with Crippen LogP contribution < -0.4 is 14.2 Å². The highest BCUT2D eigenvalue weighted by Gasteiger charge is 2.34. The first-order valence-electron chi connectivity index (χ1n) is 13.8. The number of fused-ring (bicyclic) bond motifs is 6. The second-order valence-corrected chi connectivity index (χ2v) is 10.8. The van der Waals surface area contributed by atoms with Crippen molar-refractivity contribution in [3.8, 4) is 23.1 Å². The van der Waals surface area contributed by atoms with Gasteiger partial charge in [-0.1, -0.05) is 74.5 Å². The monoisotopic (exact) mass is 542 g/mol. The lowest BCUT2D eigenvalue weighted by atomic mass is 9.83. The third-order valence-electron chi connectivity index (χ3n) is 7.74. The molecule has 0 spiro atoms. The van der Waals surface area contributed by atoms with Crippen molar-refractivity contribution in [2.24, 2.45) is 0 Å². The Labute approximate surface area is 238 Å². The van der Waals surface area contributed by atoms with Gasteiger partial charge in [0.1, 0.15) is 30.2 Å². The molecule has 7 rings (SSSR count). The molecular formula is C34H30N4O3. The maximum Gasteiger partial charge on any atom is 0.228 e. The van der Waals surface area contributed by atoms with E-state index in [0.29, 0.717) is 23.3 Å². The minimum absolute atomic E-state index is 0.164. The van der Waals surface area contributed by atoms with E-state index in [1.807, 2.05) is 24.3 Å². The molecule has 3 heterocycles. The first-order valence-corrected chi connectivity index (χ1v) is 13.8. The molecule has 0 N–H and O–H groups in total. The van der Waals surface area contributed by atoms with Crippen LogP contribution in [0, 0.1) is 6.92 Å². The Bertz CT molecular complexity index is 1910. The van der Waals surface area contributed by atoms with Crippen LogP contribution in [-0.2, 0) is 6.61 Å². The fraction of sp³-hybridized carbons (Fsp3) is 0.206. The third-order valence-corrected chi connectivity index (χ3v) is 7.74. The summed E-state index contributed by atoms with van der Waals surface area (Å²) in [7, 11) is 1.67. The number of hydrogen-bond donors (Lipinski definition) is 0. The van der Waals surface area contributed by atoms with E-state index in [0.717, 1.165) is 55.8 Å². The van der Waals surface area contributed by atoms with Crippen LogP contribution in [0.4, 0.5) is 0 Å². The molecule has 6 aromatic rings. The van der Waals surface area contributed by atoms with E-state index in [1.54, 1.807) is 18.0 Å². The summed E-state index contributed by atoms with van der Waals surface area (Å²) in [5.41, 5.74) is 6.02. The van der Waals surface area contributed by atoms with Gasteiger partial charge in [0.2, 0.25) is 5.88 Å². The lowest BCUT2D eigenvalue weighted by Gasteiger charge is -2.28. The summed E-state index contributed by atoms with van der Waals surface area (Å²) < 4.78 is 20.0. The van der Waals surface area contributed by atoms with Crippen LogP contribution in [0.3, 0.4) is 0 Å². The number of aromatic nitrogens is 4. The summed E-state index contributed by atoms with van der Waals surface area (Å²) in [6.07, 6.45) is 1.66. The molecule has 204 valence electrons. The fourth-order valence-corrected chi connectivity index (χ4v) is 5.68. The fourth-order valence-electron chi connectivity index (χ4n) is 5.68. The van der Waals surface area contributed by atoms with Crippen molar-refractivity contribution in [1.29, 1.82) is 0 Å². The second kappa shape index (κ2) is 9.93. The average molecular weight is 543 g/mol. The molecule has 2 aromatic heterocycles. The number of aryl methyl sites for hydroxylation is 1. The van der Waals surface area contributed by atoms with Crippen molar-refractivity contribution < 1.29 is 14.2 Å².